The molecule has 0 spiro atoms. The van der Waals surface area contributed by atoms with Gasteiger partial charge in [0.1, 0.15) is 5.01 Å². The standard InChI is InChI=1S/C12H14N6OS/c13-11(14)18-12(15)17-9-4-2-1-3-8(9)10-16-7(5-19)6-20-10/h1-4,6,19H,5H2,(H6,13,14,15,17,18). The fraction of sp³-hybridized carbons (Fsp3) is 0.0833. The molecule has 0 saturated carbocycles. The van der Waals surface area contributed by atoms with E-state index in [1.54, 1.807) is 11.4 Å². The van der Waals surface area contributed by atoms with Crippen LogP contribution in [0.5, 0.6) is 0 Å². The SMILES string of the molecule is NC(N)=NC(N)=Nc1ccccc1-c1nc(CO)cs1. The van der Waals surface area contributed by atoms with Gasteiger partial charge in [-0.05, 0) is 12.1 Å². The zero-order valence-electron chi connectivity index (χ0n) is 10.5. The lowest BCUT2D eigenvalue weighted by molar-refractivity contribution is 0.278. The monoisotopic (exact) mass is 290 g/mol. The summed E-state index contributed by atoms with van der Waals surface area (Å²) in [6, 6.07) is 7.34. The molecule has 0 aliphatic carbocycles. The summed E-state index contributed by atoms with van der Waals surface area (Å²) < 4.78 is 0. The number of hydrogen-bond acceptors (Lipinski definition) is 4. The van der Waals surface area contributed by atoms with Crippen molar-refractivity contribution in [2.45, 2.75) is 6.61 Å². The van der Waals surface area contributed by atoms with Crippen LogP contribution in [0.25, 0.3) is 10.6 Å². The molecule has 1 aromatic carbocycles. The predicted molar refractivity (Wildman–Crippen MR) is 80.6 cm³/mol. The van der Waals surface area contributed by atoms with Crippen LogP contribution in [-0.4, -0.2) is 22.0 Å². The summed E-state index contributed by atoms with van der Waals surface area (Å²) in [5.74, 6) is -0.183. The molecule has 0 unspecified atom stereocenters. The van der Waals surface area contributed by atoms with E-state index in [0.717, 1.165) is 10.6 Å². The van der Waals surface area contributed by atoms with Crippen LogP contribution in [-0.2, 0) is 6.61 Å². The van der Waals surface area contributed by atoms with Gasteiger partial charge in [-0.2, -0.15) is 4.99 Å². The molecule has 7 N–H and O–H groups in total. The third-order valence-electron chi connectivity index (χ3n) is 2.33. The van der Waals surface area contributed by atoms with Gasteiger partial charge in [-0.15, -0.1) is 11.3 Å². The predicted octanol–water partition coefficient (Wildman–Crippen LogP) is 0.522. The Morgan fingerprint density at radius 2 is 2.00 bits per heavy atom. The first-order chi connectivity index (χ1) is 9.60. The van der Waals surface area contributed by atoms with Crippen LogP contribution in [0.2, 0.25) is 0 Å². The zero-order chi connectivity index (χ0) is 14.5. The van der Waals surface area contributed by atoms with Gasteiger partial charge in [-0.1, -0.05) is 12.1 Å². The number of nitrogens with zero attached hydrogens (tertiary/aromatic N) is 3. The molecule has 0 fully saturated rings. The number of benzene rings is 1. The van der Waals surface area contributed by atoms with E-state index >= 15 is 0 Å². The highest BCUT2D eigenvalue weighted by Gasteiger charge is 2.09. The maximum Gasteiger partial charge on any atom is 0.223 e. The molecule has 0 bridgehead atoms. The molecule has 1 aromatic heterocycles. The van der Waals surface area contributed by atoms with E-state index in [4.69, 9.17) is 22.3 Å². The molecule has 8 heteroatoms. The van der Waals surface area contributed by atoms with Crippen LogP contribution >= 0.6 is 11.3 Å². The van der Waals surface area contributed by atoms with Crippen molar-refractivity contribution in [3.63, 3.8) is 0 Å². The lowest BCUT2D eigenvalue weighted by atomic mass is 10.2. The molecule has 1 heterocycles. The Bertz CT molecular complexity index is 659. The van der Waals surface area contributed by atoms with Crippen LogP contribution in [0.15, 0.2) is 39.6 Å². The fourth-order valence-electron chi connectivity index (χ4n) is 1.54. The van der Waals surface area contributed by atoms with Crippen LogP contribution in [0.1, 0.15) is 5.69 Å². The van der Waals surface area contributed by atoms with E-state index in [0.29, 0.717) is 11.4 Å². The first kappa shape index (κ1) is 14.0. The van der Waals surface area contributed by atoms with Crippen molar-refractivity contribution in [1.29, 1.82) is 0 Å². The Hall–Kier alpha value is -2.45. The van der Waals surface area contributed by atoms with Gasteiger partial charge in [-0.3, -0.25) is 0 Å². The van der Waals surface area contributed by atoms with Crippen molar-refractivity contribution >= 4 is 28.9 Å². The van der Waals surface area contributed by atoms with E-state index in [9.17, 15) is 0 Å². The highest BCUT2D eigenvalue weighted by molar-refractivity contribution is 7.13. The molecular formula is C12H14N6OS. The molecule has 2 rings (SSSR count). The van der Waals surface area contributed by atoms with E-state index in [1.165, 1.54) is 11.3 Å². The van der Waals surface area contributed by atoms with Gasteiger partial charge in [0.05, 0.1) is 18.0 Å². The molecule has 0 radical (unpaired) electrons. The number of guanidine groups is 2. The van der Waals surface area contributed by atoms with Gasteiger partial charge < -0.3 is 22.3 Å². The first-order valence-electron chi connectivity index (χ1n) is 5.68. The normalized spacial score (nSPS) is 11.3. The maximum absolute atomic E-state index is 9.06. The minimum Gasteiger partial charge on any atom is -0.390 e. The molecule has 7 nitrogen and oxygen atoms in total. The average molecular weight is 290 g/mol. The van der Waals surface area contributed by atoms with Gasteiger partial charge in [0.25, 0.3) is 0 Å². The lowest BCUT2D eigenvalue weighted by Crippen LogP contribution is -2.26. The Balaban J connectivity index is 2.43. The Morgan fingerprint density at radius 1 is 1.25 bits per heavy atom. The minimum atomic E-state index is -0.152. The molecule has 0 atom stereocenters. The number of aromatic nitrogens is 1. The van der Waals surface area contributed by atoms with Crippen molar-refractivity contribution in [3.8, 4) is 10.6 Å². The molecule has 0 aliphatic heterocycles. The van der Waals surface area contributed by atoms with Crippen molar-refractivity contribution < 1.29 is 5.11 Å². The summed E-state index contributed by atoms with van der Waals surface area (Å²) in [5, 5.41) is 11.6. The quantitative estimate of drug-likeness (QED) is 0.482. The van der Waals surface area contributed by atoms with Crippen LogP contribution < -0.4 is 17.2 Å². The zero-order valence-corrected chi connectivity index (χ0v) is 11.3. The van der Waals surface area contributed by atoms with Crippen LogP contribution in [0, 0.1) is 0 Å². The molecule has 2 aromatic rings. The van der Waals surface area contributed by atoms with Gasteiger partial charge in [-0.25, -0.2) is 9.98 Å². The number of hydrogen-bond donors (Lipinski definition) is 4. The van der Waals surface area contributed by atoms with Crippen molar-refractivity contribution in [3.05, 3.63) is 35.3 Å². The van der Waals surface area contributed by atoms with E-state index < -0.39 is 0 Å². The Labute approximate surface area is 119 Å². The third kappa shape index (κ3) is 3.31. The molecule has 0 saturated heterocycles. The first-order valence-corrected chi connectivity index (χ1v) is 6.56. The Kier molecular flexibility index (Phi) is 4.28. The molecule has 0 aliphatic rings. The summed E-state index contributed by atoms with van der Waals surface area (Å²) in [4.78, 5) is 12.1. The van der Waals surface area contributed by atoms with Crippen molar-refractivity contribution in [1.82, 2.24) is 4.98 Å². The van der Waals surface area contributed by atoms with E-state index in [-0.39, 0.29) is 18.5 Å². The second-order valence-electron chi connectivity index (χ2n) is 3.83. The van der Waals surface area contributed by atoms with Crippen LogP contribution in [0.3, 0.4) is 0 Å². The largest absolute Gasteiger partial charge is 0.390 e. The molecule has 0 amide bonds. The highest BCUT2D eigenvalue weighted by Crippen LogP contribution is 2.32. The smallest absolute Gasteiger partial charge is 0.223 e. The molecule has 20 heavy (non-hydrogen) atoms. The number of para-hydroxylation sites is 1. The summed E-state index contributed by atoms with van der Waals surface area (Å²) >= 11 is 1.42. The van der Waals surface area contributed by atoms with Crippen molar-refractivity contribution in [2.24, 2.45) is 27.2 Å². The van der Waals surface area contributed by atoms with Crippen molar-refractivity contribution in [2.75, 3.05) is 0 Å². The topological polar surface area (TPSA) is 136 Å². The summed E-state index contributed by atoms with van der Waals surface area (Å²) in [6.07, 6.45) is 0. The number of rotatable bonds is 3. The van der Waals surface area contributed by atoms with Crippen LogP contribution in [0.4, 0.5) is 5.69 Å². The van der Waals surface area contributed by atoms with E-state index in [1.807, 2.05) is 18.2 Å². The minimum absolute atomic E-state index is 0.0311. The summed E-state index contributed by atoms with van der Waals surface area (Å²) in [5.41, 5.74) is 18.1. The Morgan fingerprint density at radius 3 is 2.65 bits per heavy atom. The number of aliphatic hydroxyl groups is 1. The van der Waals surface area contributed by atoms with Gasteiger partial charge >= 0.3 is 0 Å². The maximum atomic E-state index is 9.06. The second kappa shape index (κ2) is 6.13. The number of thiazole rings is 1. The second-order valence-corrected chi connectivity index (χ2v) is 4.68. The average Bonchev–Trinajstić information content (AvgIpc) is 2.87. The fourth-order valence-corrected chi connectivity index (χ4v) is 2.38. The van der Waals surface area contributed by atoms with Gasteiger partial charge in [0.2, 0.25) is 5.96 Å². The molecular weight excluding hydrogens is 276 g/mol. The van der Waals surface area contributed by atoms with Gasteiger partial charge in [0.15, 0.2) is 5.96 Å². The number of aliphatic hydroxyl groups excluding tert-OH is 1. The molecule has 104 valence electrons. The van der Waals surface area contributed by atoms with E-state index in [2.05, 4.69) is 15.0 Å². The number of nitrogens with two attached hydrogens (primary N) is 3. The third-order valence-corrected chi connectivity index (χ3v) is 3.25. The highest BCUT2D eigenvalue weighted by atomic mass is 32.1. The summed E-state index contributed by atoms with van der Waals surface area (Å²) in [7, 11) is 0. The number of aliphatic imine (C=N–C) groups is 2. The summed E-state index contributed by atoms with van der Waals surface area (Å²) in [6.45, 7) is -0.0991. The lowest BCUT2D eigenvalue weighted by Gasteiger charge is -2.02. The van der Waals surface area contributed by atoms with Gasteiger partial charge in [0, 0.05) is 10.9 Å².